The molecule has 0 aromatic heterocycles. The van der Waals surface area contributed by atoms with Gasteiger partial charge < -0.3 is 20.1 Å². The minimum absolute atomic E-state index is 0.0804. The molecule has 30 heavy (non-hydrogen) atoms. The molecule has 2 rings (SSSR count). The highest BCUT2D eigenvalue weighted by molar-refractivity contribution is 7.53. The van der Waals surface area contributed by atoms with Crippen LogP contribution >= 0.6 is 19.2 Å². The van der Waals surface area contributed by atoms with Gasteiger partial charge in [0.15, 0.2) is 0 Å². The van der Waals surface area contributed by atoms with Crippen LogP contribution in [-0.4, -0.2) is 19.5 Å². The molecule has 0 unspecified atom stereocenters. The third-order valence-corrected chi connectivity index (χ3v) is 6.39. The van der Waals surface area contributed by atoms with Crippen molar-refractivity contribution in [3.8, 4) is 0 Å². The van der Waals surface area contributed by atoms with Crippen LogP contribution in [0.15, 0.2) is 36.4 Å². The zero-order valence-electron chi connectivity index (χ0n) is 16.8. The Hall–Kier alpha value is -1.73. The molecule has 0 aliphatic carbocycles. The maximum Gasteiger partial charge on any atom is 0.416 e. The average molecular weight is 465 g/mol. The molecule has 0 spiro atoms. The molecule has 0 heterocycles. The first-order valence-electron chi connectivity index (χ1n) is 9.44. The van der Waals surface area contributed by atoms with E-state index in [-0.39, 0.29) is 42.9 Å². The van der Waals surface area contributed by atoms with Crippen LogP contribution in [-0.2, 0) is 32.6 Å². The predicted molar refractivity (Wildman–Crippen MR) is 114 cm³/mol. The van der Waals surface area contributed by atoms with E-state index in [2.05, 4.69) is 5.32 Å². The van der Waals surface area contributed by atoms with E-state index < -0.39 is 19.3 Å². The Kier molecular flexibility index (Phi) is 8.62. The highest BCUT2D eigenvalue weighted by atomic mass is 35.5. The number of halogens is 4. The van der Waals surface area contributed by atoms with E-state index >= 15 is 0 Å². The lowest BCUT2D eigenvalue weighted by atomic mass is 9.98. The number of aryl methyl sites for hydroxylation is 2. The molecule has 0 saturated heterocycles. The zero-order valence-corrected chi connectivity index (χ0v) is 18.4. The Bertz CT molecular complexity index is 882. The molecular weight excluding hydrogens is 440 g/mol. The van der Waals surface area contributed by atoms with Gasteiger partial charge in [-0.1, -0.05) is 23.7 Å². The van der Waals surface area contributed by atoms with Crippen molar-refractivity contribution in [1.82, 2.24) is 0 Å². The second-order valence-corrected chi connectivity index (χ2v) is 8.99. The molecule has 0 aliphatic rings. The van der Waals surface area contributed by atoms with Gasteiger partial charge in [-0.2, -0.15) is 13.2 Å². The fraction of sp³-hybridized carbons (Fsp3) is 0.400. The second-order valence-electron chi connectivity index (χ2n) is 6.50. The molecule has 0 fully saturated rings. The van der Waals surface area contributed by atoms with Gasteiger partial charge in [0, 0.05) is 5.02 Å². The molecule has 0 atom stereocenters. The van der Waals surface area contributed by atoms with Gasteiger partial charge in [0.1, 0.15) is 6.29 Å². The van der Waals surface area contributed by atoms with Crippen LogP contribution in [0.25, 0.3) is 0 Å². The first kappa shape index (κ1) is 24.5. The molecule has 0 radical (unpaired) electrons. The van der Waals surface area contributed by atoms with Crippen LogP contribution in [0.4, 0.5) is 24.5 Å². The average Bonchev–Trinajstić information content (AvgIpc) is 2.66. The molecule has 0 bridgehead atoms. The van der Waals surface area contributed by atoms with Crippen LogP contribution in [0.2, 0.25) is 5.02 Å². The third kappa shape index (κ3) is 6.91. The van der Waals surface area contributed by atoms with Crippen molar-refractivity contribution in [1.29, 1.82) is 0 Å². The van der Waals surface area contributed by atoms with Crippen LogP contribution < -0.4 is 11.1 Å². The van der Waals surface area contributed by atoms with Crippen LogP contribution in [0.1, 0.15) is 30.5 Å². The van der Waals surface area contributed by atoms with E-state index in [1.165, 1.54) is 6.07 Å². The number of nitrogen functional groups attached to an aromatic ring is 1. The number of anilines is 2. The van der Waals surface area contributed by atoms with Crippen molar-refractivity contribution in [2.75, 3.05) is 30.6 Å². The summed E-state index contributed by atoms with van der Waals surface area (Å²) < 4.78 is 63.6. The monoisotopic (exact) mass is 464 g/mol. The molecule has 0 amide bonds. The minimum atomic E-state index is -4.55. The molecule has 0 saturated carbocycles. The lowest BCUT2D eigenvalue weighted by Gasteiger charge is -2.21. The van der Waals surface area contributed by atoms with Crippen LogP contribution in [0.5, 0.6) is 0 Å². The summed E-state index contributed by atoms with van der Waals surface area (Å²) in [4.78, 5) is 0. The van der Waals surface area contributed by atoms with Gasteiger partial charge in [-0.15, -0.1) is 0 Å². The fourth-order valence-corrected chi connectivity index (χ4v) is 4.45. The molecule has 2 aromatic rings. The van der Waals surface area contributed by atoms with E-state index in [1.807, 2.05) is 0 Å². The molecule has 2 aromatic carbocycles. The van der Waals surface area contributed by atoms with Crippen molar-refractivity contribution in [2.24, 2.45) is 0 Å². The first-order chi connectivity index (χ1) is 14.1. The van der Waals surface area contributed by atoms with Crippen molar-refractivity contribution in [3.63, 3.8) is 0 Å². The lowest BCUT2D eigenvalue weighted by Crippen LogP contribution is -2.14. The summed E-state index contributed by atoms with van der Waals surface area (Å²) in [5.74, 6) is 0. The SMILES string of the molecule is CCOP(=O)(CNc1cc(CCc2ccc(Cl)cc2)c(C(F)(F)F)cc1N)OCC. The van der Waals surface area contributed by atoms with E-state index in [9.17, 15) is 17.7 Å². The largest absolute Gasteiger partial charge is 0.416 e. The van der Waals surface area contributed by atoms with Crippen LogP contribution in [0.3, 0.4) is 0 Å². The van der Waals surface area contributed by atoms with E-state index in [4.69, 9.17) is 26.4 Å². The number of alkyl halides is 3. The van der Waals surface area contributed by atoms with Crippen molar-refractivity contribution >= 4 is 30.6 Å². The first-order valence-corrected chi connectivity index (χ1v) is 11.5. The van der Waals surface area contributed by atoms with Gasteiger partial charge in [0.05, 0.1) is 30.2 Å². The Morgan fingerprint density at radius 3 is 2.20 bits per heavy atom. The topological polar surface area (TPSA) is 73.6 Å². The van der Waals surface area contributed by atoms with Crippen molar-refractivity contribution in [3.05, 3.63) is 58.1 Å². The maximum absolute atomic E-state index is 13.5. The van der Waals surface area contributed by atoms with Gasteiger partial charge in [-0.05, 0) is 62.1 Å². The van der Waals surface area contributed by atoms with Gasteiger partial charge in [0.25, 0.3) is 0 Å². The normalized spacial score (nSPS) is 12.2. The van der Waals surface area contributed by atoms with Gasteiger partial charge in [0.2, 0.25) is 0 Å². The molecular formula is C20H25ClF3N2O3P. The molecule has 10 heteroatoms. The summed E-state index contributed by atoms with van der Waals surface area (Å²) in [7, 11) is -3.43. The smallest absolute Gasteiger partial charge is 0.397 e. The Morgan fingerprint density at radius 2 is 1.67 bits per heavy atom. The number of rotatable bonds is 10. The van der Waals surface area contributed by atoms with Crippen molar-refractivity contribution < 1.29 is 26.8 Å². The number of benzene rings is 2. The van der Waals surface area contributed by atoms with E-state index in [0.717, 1.165) is 11.6 Å². The predicted octanol–water partition coefficient (Wildman–Crippen LogP) is 6.36. The molecule has 3 N–H and O–H groups in total. The number of nitrogens with one attached hydrogen (secondary N) is 1. The van der Waals surface area contributed by atoms with Crippen molar-refractivity contribution in [2.45, 2.75) is 32.9 Å². The minimum Gasteiger partial charge on any atom is -0.397 e. The Balaban J connectivity index is 2.28. The van der Waals surface area contributed by atoms with Gasteiger partial charge >= 0.3 is 13.8 Å². The highest BCUT2D eigenvalue weighted by Gasteiger charge is 2.34. The summed E-state index contributed by atoms with van der Waals surface area (Å²) in [6.07, 6.45) is -4.23. The summed E-state index contributed by atoms with van der Waals surface area (Å²) in [5, 5.41) is 3.38. The summed E-state index contributed by atoms with van der Waals surface area (Å²) >= 11 is 5.85. The Labute approximate surface area is 179 Å². The second kappa shape index (κ2) is 10.5. The van der Waals surface area contributed by atoms with Gasteiger partial charge in [-0.3, -0.25) is 4.57 Å². The van der Waals surface area contributed by atoms with Crippen LogP contribution in [0, 0.1) is 0 Å². The number of nitrogens with two attached hydrogens (primary N) is 1. The van der Waals surface area contributed by atoms with E-state index in [1.54, 1.807) is 38.1 Å². The van der Waals surface area contributed by atoms with E-state index in [0.29, 0.717) is 11.4 Å². The number of hydrogen-bond acceptors (Lipinski definition) is 5. The Morgan fingerprint density at radius 1 is 1.07 bits per heavy atom. The molecule has 166 valence electrons. The number of hydrogen-bond donors (Lipinski definition) is 2. The zero-order chi connectivity index (χ0) is 22.4. The lowest BCUT2D eigenvalue weighted by molar-refractivity contribution is -0.138. The highest BCUT2D eigenvalue weighted by Crippen LogP contribution is 2.48. The summed E-state index contributed by atoms with van der Waals surface area (Å²) in [5.41, 5.74) is 6.13. The third-order valence-electron chi connectivity index (χ3n) is 4.29. The standard InChI is InChI=1S/C20H25ClF3N2O3P/c1-3-28-30(27,29-4-2)13-26-19-11-15(17(12-18(19)25)20(22,23)24)8-5-14-6-9-16(21)10-7-14/h6-7,9-12,26H,3-5,8,13,25H2,1-2H3. The maximum atomic E-state index is 13.5. The molecule has 0 aliphatic heterocycles. The summed E-state index contributed by atoms with van der Waals surface area (Å²) in [6.45, 7) is 3.70. The summed E-state index contributed by atoms with van der Waals surface area (Å²) in [6, 6.07) is 9.16. The molecule has 5 nitrogen and oxygen atoms in total. The fourth-order valence-electron chi connectivity index (χ4n) is 2.92. The van der Waals surface area contributed by atoms with Gasteiger partial charge in [-0.25, -0.2) is 0 Å². The quantitative estimate of drug-likeness (QED) is 0.316.